The number of benzene rings is 3. The van der Waals surface area contributed by atoms with E-state index in [9.17, 15) is 9.59 Å². The molecule has 38 heavy (non-hydrogen) atoms. The normalized spacial score (nSPS) is 14.8. The van der Waals surface area contributed by atoms with E-state index in [1.165, 1.54) is 0 Å². The topological polar surface area (TPSA) is 101 Å². The molecular weight excluding hydrogens is 502 g/mol. The Bertz CT molecular complexity index is 1470. The molecule has 1 atom stereocenters. The first-order valence-corrected chi connectivity index (χ1v) is 13.2. The maximum absolute atomic E-state index is 13.3. The number of hydrogen-bond acceptors (Lipinski definition) is 5. The Morgan fingerprint density at radius 3 is 2.63 bits per heavy atom. The Hall–Kier alpha value is -3.97. The van der Waals surface area contributed by atoms with E-state index >= 15 is 0 Å². The SMILES string of the molecule is O=C(O)CCCCc1nc2cc(C(=O)NC3CCCOc4ccccc43)ccc2nc1-c1ccc(Cl)cc1. The molecule has 2 heterocycles. The lowest BCUT2D eigenvalue weighted by Gasteiger charge is -2.18. The third-order valence-electron chi connectivity index (χ3n) is 6.66. The lowest BCUT2D eigenvalue weighted by atomic mass is 10.0. The van der Waals surface area contributed by atoms with Gasteiger partial charge in [0.2, 0.25) is 0 Å². The highest BCUT2D eigenvalue weighted by molar-refractivity contribution is 6.30. The van der Waals surface area contributed by atoms with E-state index in [2.05, 4.69) is 5.32 Å². The number of para-hydroxylation sites is 1. The van der Waals surface area contributed by atoms with Crippen molar-refractivity contribution >= 4 is 34.5 Å². The summed E-state index contributed by atoms with van der Waals surface area (Å²) >= 11 is 6.08. The predicted molar refractivity (Wildman–Crippen MR) is 147 cm³/mol. The van der Waals surface area contributed by atoms with Crippen molar-refractivity contribution in [2.45, 2.75) is 44.6 Å². The molecule has 0 saturated carbocycles. The van der Waals surface area contributed by atoms with Crippen LogP contribution in [0.2, 0.25) is 5.02 Å². The van der Waals surface area contributed by atoms with Crippen LogP contribution in [0.1, 0.15) is 59.8 Å². The van der Waals surface area contributed by atoms with Crippen molar-refractivity contribution < 1.29 is 19.4 Å². The number of fused-ring (bicyclic) bond motifs is 2. The summed E-state index contributed by atoms with van der Waals surface area (Å²) in [5, 5.41) is 12.8. The van der Waals surface area contributed by atoms with Gasteiger partial charge in [0.1, 0.15) is 5.75 Å². The minimum Gasteiger partial charge on any atom is -0.493 e. The molecule has 0 spiro atoms. The number of rotatable bonds is 8. The van der Waals surface area contributed by atoms with Crippen molar-refractivity contribution in [2.24, 2.45) is 0 Å². The summed E-state index contributed by atoms with van der Waals surface area (Å²) in [4.78, 5) is 34.0. The maximum Gasteiger partial charge on any atom is 0.303 e. The summed E-state index contributed by atoms with van der Waals surface area (Å²) in [7, 11) is 0. The molecule has 194 valence electrons. The van der Waals surface area contributed by atoms with Gasteiger partial charge < -0.3 is 15.2 Å². The highest BCUT2D eigenvalue weighted by Crippen LogP contribution is 2.32. The first kappa shape index (κ1) is 25.7. The first-order chi connectivity index (χ1) is 18.5. The lowest BCUT2D eigenvalue weighted by molar-refractivity contribution is -0.137. The zero-order chi connectivity index (χ0) is 26.5. The van der Waals surface area contributed by atoms with Gasteiger partial charge in [-0.3, -0.25) is 9.59 Å². The van der Waals surface area contributed by atoms with Crippen molar-refractivity contribution in [3.63, 3.8) is 0 Å². The number of aryl methyl sites for hydroxylation is 1. The number of nitrogens with zero attached hydrogens (tertiary/aromatic N) is 2. The van der Waals surface area contributed by atoms with Gasteiger partial charge in [0.15, 0.2) is 0 Å². The van der Waals surface area contributed by atoms with E-state index in [1.807, 2.05) is 42.5 Å². The fraction of sp³-hybridized carbons (Fsp3) is 0.267. The van der Waals surface area contributed by atoms with Gasteiger partial charge in [0, 0.05) is 28.1 Å². The fourth-order valence-corrected chi connectivity index (χ4v) is 4.86. The molecule has 1 aromatic heterocycles. The molecule has 4 aromatic rings. The molecule has 5 rings (SSSR count). The van der Waals surface area contributed by atoms with E-state index in [0.29, 0.717) is 47.5 Å². The molecule has 1 aliphatic heterocycles. The number of aliphatic carboxylic acids is 1. The van der Waals surface area contributed by atoms with Gasteiger partial charge in [-0.1, -0.05) is 41.9 Å². The molecule has 0 saturated heterocycles. The summed E-state index contributed by atoms with van der Waals surface area (Å²) in [5.41, 5.74) is 5.16. The Morgan fingerprint density at radius 1 is 1.00 bits per heavy atom. The van der Waals surface area contributed by atoms with Gasteiger partial charge >= 0.3 is 5.97 Å². The van der Waals surface area contributed by atoms with Crippen molar-refractivity contribution in [2.75, 3.05) is 6.61 Å². The number of carbonyl (C=O) groups excluding carboxylic acids is 1. The second-order valence-corrected chi connectivity index (χ2v) is 9.82. The van der Waals surface area contributed by atoms with Gasteiger partial charge in [-0.2, -0.15) is 0 Å². The zero-order valence-corrected chi connectivity index (χ0v) is 21.6. The summed E-state index contributed by atoms with van der Waals surface area (Å²) in [6, 6.07) is 20.4. The number of carboxylic acids is 1. The number of halogens is 1. The van der Waals surface area contributed by atoms with Crippen molar-refractivity contribution in [1.29, 1.82) is 0 Å². The maximum atomic E-state index is 13.3. The summed E-state index contributed by atoms with van der Waals surface area (Å²) in [5.74, 6) is -0.187. The Labute approximate surface area is 225 Å². The summed E-state index contributed by atoms with van der Waals surface area (Å²) < 4.78 is 5.83. The largest absolute Gasteiger partial charge is 0.493 e. The molecule has 1 unspecified atom stereocenters. The number of nitrogens with one attached hydrogen (secondary N) is 1. The molecular formula is C30H28ClN3O4. The zero-order valence-electron chi connectivity index (χ0n) is 20.8. The average molecular weight is 530 g/mol. The fourth-order valence-electron chi connectivity index (χ4n) is 4.73. The van der Waals surface area contributed by atoms with E-state index in [4.69, 9.17) is 31.4 Å². The molecule has 1 aliphatic rings. The molecule has 7 nitrogen and oxygen atoms in total. The van der Waals surface area contributed by atoms with Gasteiger partial charge in [0.05, 0.1) is 35.1 Å². The summed E-state index contributed by atoms with van der Waals surface area (Å²) in [6.07, 6.45) is 3.53. The molecule has 0 radical (unpaired) electrons. The van der Waals surface area contributed by atoms with Crippen LogP contribution in [-0.4, -0.2) is 33.6 Å². The molecule has 0 fully saturated rings. The second kappa shape index (κ2) is 11.6. The molecule has 3 aromatic carbocycles. The number of hydrogen-bond donors (Lipinski definition) is 2. The lowest BCUT2D eigenvalue weighted by Crippen LogP contribution is -2.28. The standard InChI is InChI=1S/C30H28ClN3O4/c31-21-14-11-19(12-15-21)29-25(7-2-4-10-28(35)36)32-26-18-20(13-16-24(26)33-29)30(37)34-23-8-5-17-38-27-9-3-1-6-22(23)27/h1,3,6,9,11-16,18,23H,2,4-5,7-8,10,17H2,(H,34,37)(H,35,36). The minimum atomic E-state index is -0.814. The number of unbranched alkanes of at least 4 members (excludes halogenated alkanes) is 1. The van der Waals surface area contributed by atoms with Crippen molar-refractivity contribution in [3.05, 3.63) is 88.6 Å². The third-order valence-corrected chi connectivity index (χ3v) is 6.92. The highest BCUT2D eigenvalue weighted by atomic mass is 35.5. The third kappa shape index (κ3) is 5.94. The van der Waals surface area contributed by atoms with Crippen LogP contribution in [0.4, 0.5) is 0 Å². The van der Waals surface area contributed by atoms with E-state index in [-0.39, 0.29) is 18.4 Å². The molecule has 8 heteroatoms. The van der Waals surface area contributed by atoms with Crippen LogP contribution in [0, 0.1) is 0 Å². The number of carboxylic acid groups (broad SMARTS) is 1. The Balaban J connectivity index is 1.44. The molecule has 0 aliphatic carbocycles. The number of amides is 1. The first-order valence-electron chi connectivity index (χ1n) is 12.8. The van der Waals surface area contributed by atoms with E-state index in [1.54, 1.807) is 24.3 Å². The minimum absolute atomic E-state index is 0.108. The quantitative estimate of drug-likeness (QED) is 0.256. The van der Waals surface area contributed by atoms with Gasteiger partial charge in [-0.15, -0.1) is 0 Å². The van der Waals surface area contributed by atoms with Crippen LogP contribution >= 0.6 is 11.6 Å². The van der Waals surface area contributed by atoms with Gasteiger partial charge in [0.25, 0.3) is 5.91 Å². The molecule has 2 N–H and O–H groups in total. The highest BCUT2D eigenvalue weighted by Gasteiger charge is 2.22. The van der Waals surface area contributed by atoms with Crippen LogP contribution < -0.4 is 10.1 Å². The number of aromatic nitrogens is 2. The Kier molecular flexibility index (Phi) is 7.84. The predicted octanol–water partition coefficient (Wildman–Crippen LogP) is 6.39. The summed E-state index contributed by atoms with van der Waals surface area (Å²) in [6.45, 7) is 0.625. The van der Waals surface area contributed by atoms with Crippen LogP contribution in [-0.2, 0) is 11.2 Å². The smallest absolute Gasteiger partial charge is 0.303 e. The Morgan fingerprint density at radius 2 is 1.82 bits per heavy atom. The average Bonchev–Trinajstić information content (AvgIpc) is 3.13. The monoisotopic (exact) mass is 529 g/mol. The van der Waals surface area contributed by atoms with Gasteiger partial charge in [-0.25, -0.2) is 9.97 Å². The van der Waals surface area contributed by atoms with Crippen LogP contribution in [0.15, 0.2) is 66.7 Å². The van der Waals surface area contributed by atoms with Gasteiger partial charge in [-0.05, 0) is 68.5 Å². The van der Waals surface area contributed by atoms with Crippen molar-refractivity contribution in [1.82, 2.24) is 15.3 Å². The van der Waals surface area contributed by atoms with Crippen LogP contribution in [0.25, 0.3) is 22.3 Å². The van der Waals surface area contributed by atoms with Crippen LogP contribution in [0.3, 0.4) is 0 Å². The number of carbonyl (C=O) groups is 2. The number of ether oxygens (including phenoxy) is 1. The van der Waals surface area contributed by atoms with Crippen molar-refractivity contribution in [3.8, 4) is 17.0 Å². The van der Waals surface area contributed by atoms with Crippen LogP contribution in [0.5, 0.6) is 5.75 Å². The molecule has 1 amide bonds. The van der Waals surface area contributed by atoms with E-state index < -0.39 is 5.97 Å². The van der Waals surface area contributed by atoms with E-state index in [0.717, 1.165) is 41.1 Å². The molecule has 0 bridgehead atoms. The second-order valence-electron chi connectivity index (χ2n) is 9.38.